The van der Waals surface area contributed by atoms with Crippen LogP contribution in [0, 0.1) is 11.3 Å². The van der Waals surface area contributed by atoms with Crippen LogP contribution >= 0.6 is 15.9 Å². The van der Waals surface area contributed by atoms with Gasteiger partial charge in [-0.2, -0.15) is 5.26 Å². The Morgan fingerprint density at radius 3 is 2.61 bits per heavy atom. The molecule has 0 saturated carbocycles. The molecule has 2 aromatic rings. The minimum atomic E-state index is -0.259. The zero-order valence-electron chi connectivity index (χ0n) is 9.22. The first-order valence-electron chi connectivity index (χ1n) is 5.12. The summed E-state index contributed by atoms with van der Waals surface area (Å²) in [6.07, 6.45) is 1.60. The fourth-order valence-electron chi connectivity index (χ4n) is 1.36. The first-order chi connectivity index (χ1) is 8.69. The lowest BCUT2D eigenvalue weighted by molar-refractivity contribution is 0.102. The second-order valence-electron chi connectivity index (χ2n) is 3.50. The molecule has 1 aromatic carbocycles. The van der Waals surface area contributed by atoms with Crippen LogP contribution in [0.4, 0.5) is 5.82 Å². The van der Waals surface area contributed by atoms with Crippen LogP contribution in [-0.2, 0) is 0 Å². The second kappa shape index (κ2) is 5.43. The van der Waals surface area contributed by atoms with Gasteiger partial charge in [-0.1, -0.05) is 15.9 Å². The molecule has 0 spiro atoms. The van der Waals surface area contributed by atoms with Gasteiger partial charge in [0.1, 0.15) is 5.82 Å². The normalized spacial score (nSPS) is 9.56. The molecule has 18 heavy (non-hydrogen) atoms. The Kier molecular flexibility index (Phi) is 3.70. The van der Waals surface area contributed by atoms with Crippen LogP contribution in [0.3, 0.4) is 0 Å². The Hall–Kier alpha value is -2.19. The van der Waals surface area contributed by atoms with Gasteiger partial charge < -0.3 is 5.32 Å². The third-order valence-corrected chi connectivity index (χ3v) is 2.73. The molecule has 0 aliphatic carbocycles. The average molecular weight is 302 g/mol. The van der Waals surface area contributed by atoms with Crippen LogP contribution in [0.15, 0.2) is 47.1 Å². The van der Waals surface area contributed by atoms with Gasteiger partial charge in [0.25, 0.3) is 5.91 Å². The number of nitrogens with zero attached hydrogens (tertiary/aromatic N) is 2. The van der Waals surface area contributed by atoms with E-state index in [0.29, 0.717) is 16.9 Å². The molecule has 0 saturated heterocycles. The smallest absolute Gasteiger partial charge is 0.256 e. The topological polar surface area (TPSA) is 65.8 Å². The third kappa shape index (κ3) is 2.93. The number of nitriles is 1. The summed E-state index contributed by atoms with van der Waals surface area (Å²) in [5, 5.41) is 11.3. The Morgan fingerprint density at radius 1 is 1.28 bits per heavy atom. The molecular formula is C13H8BrN3O. The zero-order valence-corrected chi connectivity index (χ0v) is 10.8. The molecule has 1 aromatic heterocycles. The minimum absolute atomic E-state index is 0.259. The number of halogens is 1. The summed E-state index contributed by atoms with van der Waals surface area (Å²) in [6, 6.07) is 11.9. The number of rotatable bonds is 2. The lowest BCUT2D eigenvalue weighted by Crippen LogP contribution is -2.12. The highest BCUT2D eigenvalue weighted by Crippen LogP contribution is 2.13. The monoisotopic (exact) mass is 301 g/mol. The van der Waals surface area contributed by atoms with Gasteiger partial charge in [0.2, 0.25) is 0 Å². The van der Waals surface area contributed by atoms with Gasteiger partial charge in [-0.25, -0.2) is 4.98 Å². The molecule has 0 aliphatic heterocycles. The molecule has 0 unspecified atom stereocenters. The molecule has 0 aliphatic rings. The highest BCUT2D eigenvalue weighted by Gasteiger charge is 2.06. The molecule has 1 N–H and O–H groups in total. The minimum Gasteiger partial charge on any atom is -0.307 e. The van der Waals surface area contributed by atoms with E-state index in [1.807, 2.05) is 6.07 Å². The second-order valence-corrected chi connectivity index (χ2v) is 4.42. The Morgan fingerprint density at radius 2 is 2.00 bits per heavy atom. The fraction of sp³-hybridized carbons (Fsp3) is 0. The molecular weight excluding hydrogens is 294 g/mol. The summed E-state index contributed by atoms with van der Waals surface area (Å²) in [5.74, 6) is 0.212. The highest BCUT2D eigenvalue weighted by molar-refractivity contribution is 9.10. The van der Waals surface area contributed by atoms with E-state index in [1.54, 1.807) is 42.6 Å². The lowest BCUT2D eigenvalue weighted by atomic mass is 10.1. The van der Waals surface area contributed by atoms with E-state index < -0.39 is 0 Å². The molecule has 0 radical (unpaired) electrons. The standard InChI is InChI=1S/C13H8BrN3O/c14-11-5-6-16-12(7-11)17-13(18)10-3-1-9(8-15)2-4-10/h1-7H,(H,16,17,18). The molecule has 5 heteroatoms. The summed E-state index contributed by atoms with van der Waals surface area (Å²) >= 11 is 3.30. The number of carbonyl (C=O) groups is 1. The molecule has 4 nitrogen and oxygen atoms in total. The summed E-state index contributed by atoms with van der Waals surface area (Å²) in [4.78, 5) is 15.9. The number of hydrogen-bond donors (Lipinski definition) is 1. The summed E-state index contributed by atoms with van der Waals surface area (Å²) in [6.45, 7) is 0. The van der Waals surface area contributed by atoms with Gasteiger partial charge >= 0.3 is 0 Å². The molecule has 1 amide bonds. The van der Waals surface area contributed by atoms with Crippen molar-refractivity contribution < 1.29 is 4.79 Å². The third-order valence-electron chi connectivity index (χ3n) is 2.24. The van der Waals surface area contributed by atoms with Crippen LogP contribution < -0.4 is 5.32 Å². The number of hydrogen-bond acceptors (Lipinski definition) is 3. The maximum Gasteiger partial charge on any atom is 0.256 e. The van der Waals surface area contributed by atoms with Crippen LogP contribution in [0.5, 0.6) is 0 Å². The Labute approximate surface area is 112 Å². The van der Waals surface area contributed by atoms with E-state index in [9.17, 15) is 4.79 Å². The van der Waals surface area contributed by atoms with Gasteiger partial charge in [0.15, 0.2) is 0 Å². The maximum absolute atomic E-state index is 11.9. The molecule has 2 rings (SSSR count). The molecule has 0 bridgehead atoms. The van der Waals surface area contributed by atoms with Crippen LogP contribution in [-0.4, -0.2) is 10.9 Å². The number of pyridine rings is 1. The number of nitrogens with one attached hydrogen (secondary N) is 1. The highest BCUT2D eigenvalue weighted by atomic mass is 79.9. The van der Waals surface area contributed by atoms with Gasteiger partial charge in [-0.05, 0) is 36.4 Å². The number of aromatic nitrogens is 1. The van der Waals surface area contributed by atoms with Crippen molar-refractivity contribution in [1.82, 2.24) is 4.98 Å². The van der Waals surface area contributed by atoms with Crippen molar-refractivity contribution in [2.24, 2.45) is 0 Å². The van der Waals surface area contributed by atoms with E-state index in [1.165, 1.54) is 0 Å². The van der Waals surface area contributed by atoms with Crippen molar-refractivity contribution in [3.05, 3.63) is 58.2 Å². The number of carbonyl (C=O) groups excluding carboxylic acids is 1. The van der Waals surface area contributed by atoms with Crippen LogP contribution in [0.25, 0.3) is 0 Å². The summed E-state index contributed by atoms with van der Waals surface area (Å²) < 4.78 is 0.840. The van der Waals surface area contributed by atoms with Gasteiger partial charge in [-0.15, -0.1) is 0 Å². The average Bonchev–Trinajstić information content (AvgIpc) is 2.39. The Balaban J connectivity index is 2.14. The predicted octanol–water partition coefficient (Wildman–Crippen LogP) is 2.97. The summed E-state index contributed by atoms with van der Waals surface area (Å²) in [5.41, 5.74) is 1.00. The fourth-order valence-corrected chi connectivity index (χ4v) is 1.69. The number of anilines is 1. The van der Waals surface area contributed by atoms with Crippen molar-refractivity contribution in [2.45, 2.75) is 0 Å². The van der Waals surface area contributed by atoms with Gasteiger partial charge in [0.05, 0.1) is 11.6 Å². The van der Waals surface area contributed by atoms with Crippen molar-refractivity contribution in [2.75, 3.05) is 5.32 Å². The van der Waals surface area contributed by atoms with E-state index in [2.05, 4.69) is 26.2 Å². The number of benzene rings is 1. The predicted molar refractivity (Wildman–Crippen MR) is 71.0 cm³/mol. The van der Waals surface area contributed by atoms with Crippen molar-refractivity contribution in [3.63, 3.8) is 0 Å². The van der Waals surface area contributed by atoms with E-state index in [-0.39, 0.29) is 5.91 Å². The van der Waals surface area contributed by atoms with Crippen molar-refractivity contribution >= 4 is 27.7 Å². The van der Waals surface area contributed by atoms with Crippen molar-refractivity contribution in [1.29, 1.82) is 5.26 Å². The van der Waals surface area contributed by atoms with E-state index in [4.69, 9.17) is 5.26 Å². The maximum atomic E-state index is 11.9. The van der Waals surface area contributed by atoms with E-state index in [0.717, 1.165) is 4.47 Å². The van der Waals surface area contributed by atoms with Gasteiger partial charge in [0, 0.05) is 16.2 Å². The zero-order chi connectivity index (χ0) is 13.0. The first kappa shape index (κ1) is 12.3. The Bertz CT molecular complexity index is 617. The first-order valence-corrected chi connectivity index (χ1v) is 5.91. The van der Waals surface area contributed by atoms with E-state index >= 15 is 0 Å². The van der Waals surface area contributed by atoms with Gasteiger partial charge in [-0.3, -0.25) is 4.79 Å². The quantitative estimate of drug-likeness (QED) is 0.927. The van der Waals surface area contributed by atoms with Crippen LogP contribution in [0.2, 0.25) is 0 Å². The lowest BCUT2D eigenvalue weighted by Gasteiger charge is -2.04. The number of amides is 1. The molecule has 88 valence electrons. The van der Waals surface area contributed by atoms with Crippen LogP contribution in [0.1, 0.15) is 15.9 Å². The molecule has 0 atom stereocenters. The SMILES string of the molecule is N#Cc1ccc(C(=O)Nc2cc(Br)ccn2)cc1. The largest absolute Gasteiger partial charge is 0.307 e. The summed E-state index contributed by atoms with van der Waals surface area (Å²) in [7, 11) is 0. The van der Waals surface area contributed by atoms with Crippen molar-refractivity contribution in [3.8, 4) is 6.07 Å². The molecule has 0 fully saturated rings. The molecule has 1 heterocycles.